The van der Waals surface area contributed by atoms with Gasteiger partial charge in [-0.1, -0.05) is 30.3 Å². The van der Waals surface area contributed by atoms with Gasteiger partial charge < -0.3 is 63.4 Å². The average Bonchev–Trinajstić information content (AvgIpc) is 3.17. The van der Waals surface area contributed by atoms with Crippen LogP contribution in [0.15, 0.2) is 42.5 Å². The number of rotatable bonds is 19. The summed E-state index contributed by atoms with van der Waals surface area (Å²) in [6, 6.07) is 8.40. The smallest absolute Gasteiger partial charge is 0.243 e. The Labute approximate surface area is 323 Å². The Morgan fingerprint density at radius 3 is 2.05 bits per heavy atom. The molecule has 0 fully saturated rings. The van der Waals surface area contributed by atoms with E-state index < -0.39 is 54.0 Å². The first-order chi connectivity index (χ1) is 26.4. The number of fused-ring (bicyclic) bond motifs is 5. The Kier molecular flexibility index (Phi) is 19.0. The van der Waals surface area contributed by atoms with Crippen molar-refractivity contribution in [1.29, 1.82) is 0 Å². The van der Waals surface area contributed by atoms with Gasteiger partial charge >= 0.3 is 0 Å². The topological polar surface area (TPSA) is 246 Å². The second-order valence-corrected chi connectivity index (χ2v) is 13.6. The number of carbonyl (C=O) groups excluding carboxylic acids is 5. The highest BCUT2D eigenvalue weighted by atomic mass is 16.3. The van der Waals surface area contributed by atoms with Gasteiger partial charge in [0.25, 0.3) is 0 Å². The van der Waals surface area contributed by atoms with E-state index >= 15 is 0 Å². The Bertz CT molecular complexity index is 1580. The molecular formula is C38H60N10O7. The zero-order valence-electron chi connectivity index (χ0n) is 32.5. The molecule has 0 aliphatic carbocycles. The molecular weight excluding hydrogens is 708 g/mol. The fourth-order valence-electron chi connectivity index (χ4n) is 6.34. The van der Waals surface area contributed by atoms with E-state index in [1.807, 2.05) is 30.3 Å². The number of aliphatic hydroxyl groups excluding tert-OH is 1. The summed E-state index contributed by atoms with van der Waals surface area (Å²) >= 11 is 0. The number of amides is 5. The molecule has 17 heteroatoms. The molecule has 1 aliphatic heterocycles. The lowest BCUT2D eigenvalue weighted by Crippen LogP contribution is -2.58. The van der Waals surface area contributed by atoms with Crippen LogP contribution < -0.4 is 53.2 Å². The monoisotopic (exact) mass is 768 g/mol. The summed E-state index contributed by atoms with van der Waals surface area (Å²) in [7, 11) is 8.37. The molecule has 0 saturated heterocycles. The largest absolute Gasteiger partial charge is 0.508 e. The Morgan fingerprint density at radius 1 is 0.764 bits per heavy atom. The van der Waals surface area contributed by atoms with Gasteiger partial charge in [0, 0.05) is 52.0 Å². The second kappa shape index (κ2) is 23.3. The van der Waals surface area contributed by atoms with Crippen molar-refractivity contribution >= 4 is 29.5 Å². The Hall–Kier alpha value is -4.65. The van der Waals surface area contributed by atoms with Crippen molar-refractivity contribution in [3.63, 3.8) is 0 Å². The van der Waals surface area contributed by atoms with Crippen LogP contribution in [-0.2, 0) is 36.8 Å². The molecule has 2 aromatic carbocycles. The van der Waals surface area contributed by atoms with E-state index in [2.05, 4.69) is 53.2 Å². The molecule has 12 N–H and O–H groups in total. The highest BCUT2D eigenvalue weighted by Crippen LogP contribution is 2.28. The van der Waals surface area contributed by atoms with Gasteiger partial charge in [-0.15, -0.1) is 0 Å². The van der Waals surface area contributed by atoms with Crippen molar-refractivity contribution in [1.82, 2.24) is 53.2 Å². The lowest BCUT2D eigenvalue weighted by Gasteiger charge is -2.26. The molecule has 0 aromatic heterocycles. The molecule has 55 heavy (non-hydrogen) atoms. The number of hydrogen-bond donors (Lipinski definition) is 12. The molecule has 1 heterocycles. The Morgan fingerprint density at radius 2 is 1.42 bits per heavy atom. The van der Waals surface area contributed by atoms with Crippen molar-refractivity contribution < 1.29 is 34.2 Å². The van der Waals surface area contributed by atoms with Gasteiger partial charge in [0.2, 0.25) is 29.5 Å². The molecule has 0 saturated carbocycles. The maximum atomic E-state index is 13.9. The molecule has 1 aliphatic rings. The van der Waals surface area contributed by atoms with Crippen LogP contribution in [0.2, 0.25) is 0 Å². The minimum absolute atomic E-state index is 0.0218. The maximum absolute atomic E-state index is 13.9. The molecule has 6 atom stereocenters. The van der Waals surface area contributed by atoms with Crippen LogP contribution >= 0.6 is 0 Å². The van der Waals surface area contributed by atoms with E-state index in [1.165, 1.54) is 0 Å². The van der Waals surface area contributed by atoms with Gasteiger partial charge in [-0.25, -0.2) is 0 Å². The number of phenols is 1. The third-order valence-electron chi connectivity index (χ3n) is 9.55. The quantitative estimate of drug-likeness (QED) is 0.0650. The number of benzene rings is 2. The van der Waals surface area contributed by atoms with E-state index in [-0.39, 0.29) is 62.9 Å². The van der Waals surface area contributed by atoms with E-state index in [9.17, 15) is 34.2 Å². The van der Waals surface area contributed by atoms with Crippen molar-refractivity contribution in [3.8, 4) is 16.9 Å². The number of nitrogens with one attached hydrogen (secondary N) is 10. The molecule has 304 valence electrons. The summed E-state index contributed by atoms with van der Waals surface area (Å²) in [4.78, 5) is 66.7. The fourth-order valence-corrected chi connectivity index (χ4v) is 6.34. The van der Waals surface area contributed by atoms with E-state index in [1.54, 1.807) is 47.4 Å². The number of aliphatic hydroxyl groups is 1. The van der Waals surface area contributed by atoms with E-state index in [0.717, 1.165) is 16.7 Å². The molecule has 0 radical (unpaired) electrons. The number of hydrogen-bond acceptors (Lipinski definition) is 12. The third kappa shape index (κ3) is 14.2. The van der Waals surface area contributed by atoms with Gasteiger partial charge in [0.15, 0.2) is 0 Å². The molecule has 5 amide bonds. The lowest BCUT2D eigenvalue weighted by molar-refractivity contribution is -0.133. The number of likely N-dealkylation sites (N-methyl/N-ethyl adjacent to an activating group) is 5. The van der Waals surface area contributed by atoms with Gasteiger partial charge in [-0.05, 0) is 82.5 Å². The summed E-state index contributed by atoms with van der Waals surface area (Å²) in [5, 5.41) is 50.1. The van der Waals surface area contributed by atoms with Crippen LogP contribution in [0.5, 0.6) is 5.75 Å². The fraction of sp³-hybridized carbons (Fsp3) is 0.553. The normalized spacial score (nSPS) is 19.1. The summed E-state index contributed by atoms with van der Waals surface area (Å²) < 4.78 is 0. The molecule has 2 aromatic rings. The predicted octanol–water partition coefficient (Wildman–Crippen LogP) is -2.79. The Balaban J connectivity index is 1.78. The molecule has 17 nitrogen and oxygen atoms in total. The van der Waals surface area contributed by atoms with Crippen LogP contribution in [0, 0.1) is 0 Å². The highest BCUT2D eigenvalue weighted by Gasteiger charge is 2.31. The zero-order valence-corrected chi connectivity index (χ0v) is 32.5. The molecule has 0 spiro atoms. The molecule has 3 rings (SSSR count). The second-order valence-electron chi connectivity index (χ2n) is 13.6. The highest BCUT2D eigenvalue weighted by molar-refractivity contribution is 5.93. The van der Waals surface area contributed by atoms with Crippen LogP contribution in [0.25, 0.3) is 11.1 Å². The predicted molar refractivity (Wildman–Crippen MR) is 210 cm³/mol. The van der Waals surface area contributed by atoms with Crippen LogP contribution in [0.4, 0.5) is 0 Å². The van der Waals surface area contributed by atoms with Crippen LogP contribution in [-0.4, -0.2) is 144 Å². The van der Waals surface area contributed by atoms with Gasteiger partial charge in [0.05, 0.1) is 24.2 Å². The van der Waals surface area contributed by atoms with Gasteiger partial charge in [-0.2, -0.15) is 0 Å². The van der Waals surface area contributed by atoms with Crippen molar-refractivity contribution in [2.75, 3.05) is 68.0 Å². The SMILES string of the molecule is CNCCNC(=O)C(CCNC(=O)[C@H](CCNC(=O)[C@@H]1Cc2cccc(c2)-c2ccc(O)c(c2)C[C@H](NC)C(=O)N[C@@H](C[C@@H](O)CNC)C(=O)N1)NC)NC. The number of phenolic OH excluding ortho intramolecular Hbond substituents is 1. The average molecular weight is 769 g/mol. The third-order valence-corrected chi connectivity index (χ3v) is 9.55. The zero-order chi connectivity index (χ0) is 40.3. The van der Waals surface area contributed by atoms with Crippen LogP contribution in [0.3, 0.4) is 0 Å². The standard InChI is InChI=1S/C38H60N10O7/c1-39-15-16-46-35(52)29(42-4)11-13-44-34(51)28(41-3)12-14-45-36(53)31-18-23-7-6-8-24(17-23)25-9-10-33(50)26(19-25)20-30(43-5)37(54)48-32(38(55)47-31)21-27(49)22-40-2/h6-10,17,19,27-32,39-43,49-50H,11-16,18,20-22H2,1-5H3,(H,44,51)(H,45,53)(H,46,52)(H,47,55)(H,48,54)/t27-,28+,29?,30+,31+,32+/m1/s1. The van der Waals surface area contributed by atoms with Crippen molar-refractivity contribution in [2.24, 2.45) is 0 Å². The van der Waals surface area contributed by atoms with Crippen molar-refractivity contribution in [2.45, 2.75) is 68.4 Å². The molecule has 1 unspecified atom stereocenters. The van der Waals surface area contributed by atoms with Crippen molar-refractivity contribution in [3.05, 3.63) is 53.6 Å². The molecule has 4 bridgehead atoms. The van der Waals surface area contributed by atoms with E-state index in [0.29, 0.717) is 25.1 Å². The summed E-state index contributed by atoms with van der Waals surface area (Å²) in [6.07, 6.45) is -0.297. The number of carbonyl (C=O) groups is 5. The van der Waals surface area contributed by atoms with E-state index in [4.69, 9.17) is 0 Å². The minimum Gasteiger partial charge on any atom is -0.508 e. The van der Waals surface area contributed by atoms with Gasteiger partial charge in [-0.3, -0.25) is 24.0 Å². The first-order valence-electron chi connectivity index (χ1n) is 18.8. The summed E-state index contributed by atoms with van der Waals surface area (Å²) in [6.45, 7) is 1.63. The summed E-state index contributed by atoms with van der Waals surface area (Å²) in [5.41, 5.74) is 2.88. The number of aromatic hydroxyl groups is 1. The first-order valence-corrected chi connectivity index (χ1v) is 18.8. The maximum Gasteiger partial charge on any atom is 0.243 e. The van der Waals surface area contributed by atoms with Crippen LogP contribution in [0.1, 0.15) is 30.4 Å². The minimum atomic E-state index is -1.20. The van der Waals surface area contributed by atoms with Gasteiger partial charge in [0.1, 0.15) is 17.8 Å². The first kappa shape index (κ1) is 44.7. The lowest BCUT2D eigenvalue weighted by atomic mass is 9.96. The summed E-state index contributed by atoms with van der Waals surface area (Å²) in [5.74, 6) is -2.11.